The standard InChI is InChI=1S/C8H16O3S/c1-5-8(7(2)3)6-11-12(4,9)10/h5-6H2,1-4H3. The Balaban J connectivity index is 4.19. The normalized spacial score (nSPS) is 11.3. The topological polar surface area (TPSA) is 43.4 Å². The molecule has 0 fully saturated rings. The van der Waals surface area contributed by atoms with Gasteiger partial charge in [0, 0.05) is 0 Å². The average Bonchev–Trinajstić information content (AvgIpc) is 1.85. The zero-order chi connectivity index (χ0) is 9.78. The molecule has 0 saturated carbocycles. The van der Waals surface area contributed by atoms with Crippen LogP contribution in [-0.4, -0.2) is 21.3 Å². The van der Waals surface area contributed by atoms with E-state index in [-0.39, 0.29) is 6.61 Å². The second kappa shape index (κ2) is 4.62. The molecule has 0 unspecified atom stereocenters. The molecule has 0 N–H and O–H groups in total. The summed E-state index contributed by atoms with van der Waals surface area (Å²) in [6.07, 6.45) is 1.89. The van der Waals surface area contributed by atoms with Gasteiger partial charge in [-0.25, -0.2) is 0 Å². The molecule has 0 rings (SSSR count). The van der Waals surface area contributed by atoms with Crippen LogP contribution in [0.25, 0.3) is 0 Å². The van der Waals surface area contributed by atoms with Gasteiger partial charge in [-0.2, -0.15) is 8.42 Å². The van der Waals surface area contributed by atoms with Crippen LogP contribution in [0.2, 0.25) is 0 Å². The van der Waals surface area contributed by atoms with Gasteiger partial charge < -0.3 is 0 Å². The molecule has 0 aliphatic carbocycles. The van der Waals surface area contributed by atoms with Crippen molar-refractivity contribution in [2.45, 2.75) is 27.2 Å². The van der Waals surface area contributed by atoms with Gasteiger partial charge in [0.15, 0.2) is 0 Å². The van der Waals surface area contributed by atoms with Crippen LogP contribution >= 0.6 is 0 Å². The predicted molar refractivity (Wildman–Crippen MR) is 49.5 cm³/mol. The van der Waals surface area contributed by atoms with Crippen LogP contribution in [0.3, 0.4) is 0 Å². The van der Waals surface area contributed by atoms with Crippen molar-refractivity contribution in [3.63, 3.8) is 0 Å². The molecule has 3 nitrogen and oxygen atoms in total. The Morgan fingerprint density at radius 1 is 1.33 bits per heavy atom. The Labute approximate surface area is 74.6 Å². The Bertz CT molecular complexity index is 258. The molecule has 0 spiro atoms. The third-order valence-corrected chi connectivity index (χ3v) is 2.13. The molecule has 0 atom stereocenters. The van der Waals surface area contributed by atoms with Crippen molar-refractivity contribution in [1.82, 2.24) is 0 Å². The minimum Gasteiger partial charge on any atom is -0.266 e. The fraction of sp³-hybridized carbons (Fsp3) is 0.750. The summed E-state index contributed by atoms with van der Waals surface area (Å²) in [6, 6.07) is 0. The van der Waals surface area contributed by atoms with Crippen molar-refractivity contribution >= 4 is 10.1 Å². The van der Waals surface area contributed by atoms with Gasteiger partial charge in [-0.1, -0.05) is 12.5 Å². The molecule has 0 aromatic carbocycles. The smallest absolute Gasteiger partial charge is 0.264 e. The van der Waals surface area contributed by atoms with Gasteiger partial charge in [0.1, 0.15) is 0 Å². The van der Waals surface area contributed by atoms with E-state index in [1.54, 1.807) is 0 Å². The van der Waals surface area contributed by atoms with E-state index >= 15 is 0 Å². The fourth-order valence-corrected chi connectivity index (χ4v) is 1.13. The second-order valence-electron chi connectivity index (χ2n) is 2.92. The summed E-state index contributed by atoms with van der Waals surface area (Å²) >= 11 is 0. The first-order valence-electron chi connectivity index (χ1n) is 3.86. The van der Waals surface area contributed by atoms with Gasteiger partial charge in [0.05, 0.1) is 12.9 Å². The lowest BCUT2D eigenvalue weighted by molar-refractivity contribution is 0.348. The maximum Gasteiger partial charge on any atom is 0.264 e. The molecular formula is C8H16O3S. The first-order valence-corrected chi connectivity index (χ1v) is 5.68. The lowest BCUT2D eigenvalue weighted by Crippen LogP contribution is -2.06. The first-order chi connectivity index (χ1) is 5.37. The summed E-state index contributed by atoms with van der Waals surface area (Å²) < 4.78 is 25.9. The van der Waals surface area contributed by atoms with E-state index in [0.717, 1.165) is 23.8 Å². The van der Waals surface area contributed by atoms with E-state index < -0.39 is 10.1 Å². The van der Waals surface area contributed by atoms with Crippen molar-refractivity contribution in [3.05, 3.63) is 11.1 Å². The third kappa shape index (κ3) is 5.32. The number of allylic oxidation sites excluding steroid dienone is 1. The minimum absolute atomic E-state index is 0.192. The van der Waals surface area contributed by atoms with Crippen molar-refractivity contribution in [1.29, 1.82) is 0 Å². The lowest BCUT2D eigenvalue weighted by Gasteiger charge is -2.06. The van der Waals surface area contributed by atoms with Gasteiger partial charge in [-0.3, -0.25) is 4.18 Å². The van der Waals surface area contributed by atoms with Crippen LogP contribution in [0.1, 0.15) is 27.2 Å². The highest BCUT2D eigenvalue weighted by atomic mass is 32.2. The van der Waals surface area contributed by atoms with E-state index in [0.29, 0.717) is 0 Å². The zero-order valence-corrected chi connectivity index (χ0v) is 8.86. The molecule has 12 heavy (non-hydrogen) atoms. The average molecular weight is 192 g/mol. The summed E-state index contributed by atoms with van der Waals surface area (Å²) in [4.78, 5) is 0. The summed E-state index contributed by atoms with van der Waals surface area (Å²) in [5.74, 6) is 0. The fourth-order valence-electron chi connectivity index (χ4n) is 0.778. The van der Waals surface area contributed by atoms with Crippen LogP contribution in [0, 0.1) is 0 Å². The predicted octanol–water partition coefficient (Wildman–Crippen LogP) is 1.71. The summed E-state index contributed by atoms with van der Waals surface area (Å²) in [5, 5.41) is 0. The van der Waals surface area contributed by atoms with E-state index in [1.165, 1.54) is 0 Å². The Morgan fingerprint density at radius 3 is 2.08 bits per heavy atom. The van der Waals surface area contributed by atoms with Crippen LogP contribution < -0.4 is 0 Å². The van der Waals surface area contributed by atoms with E-state index in [1.807, 2.05) is 20.8 Å². The molecule has 0 heterocycles. The molecule has 72 valence electrons. The Kier molecular flexibility index (Phi) is 4.49. The van der Waals surface area contributed by atoms with Gasteiger partial charge in [0.2, 0.25) is 0 Å². The first kappa shape index (κ1) is 11.6. The second-order valence-corrected chi connectivity index (χ2v) is 4.57. The van der Waals surface area contributed by atoms with Gasteiger partial charge in [0.25, 0.3) is 10.1 Å². The number of hydrogen-bond donors (Lipinski definition) is 0. The Morgan fingerprint density at radius 2 is 1.83 bits per heavy atom. The molecule has 0 aliphatic rings. The zero-order valence-electron chi connectivity index (χ0n) is 8.05. The minimum atomic E-state index is -3.30. The molecule has 0 radical (unpaired) electrons. The lowest BCUT2D eigenvalue weighted by atomic mass is 10.1. The molecule has 0 aliphatic heterocycles. The maximum atomic E-state index is 10.6. The van der Waals surface area contributed by atoms with Crippen molar-refractivity contribution in [2.24, 2.45) is 0 Å². The van der Waals surface area contributed by atoms with Crippen molar-refractivity contribution in [3.8, 4) is 0 Å². The molecule has 0 bridgehead atoms. The monoisotopic (exact) mass is 192 g/mol. The van der Waals surface area contributed by atoms with Gasteiger partial charge >= 0.3 is 0 Å². The molecular weight excluding hydrogens is 176 g/mol. The van der Waals surface area contributed by atoms with Crippen LogP contribution in [-0.2, 0) is 14.3 Å². The molecule has 0 aromatic heterocycles. The maximum absolute atomic E-state index is 10.6. The van der Waals surface area contributed by atoms with E-state index in [2.05, 4.69) is 4.18 Å². The number of rotatable bonds is 4. The van der Waals surface area contributed by atoms with Gasteiger partial charge in [-0.05, 0) is 25.8 Å². The quantitative estimate of drug-likeness (QED) is 0.503. The van der Waals surface area contributed by atoms with Gasteiger partial charge in [-0.15, -0.1) is 0 Å². The van der Waals surface area contributed by atoms with Crippen LogP contribution in [0.4, 0.5) is 0 Å². The highest BCUT2D eigenvalue weighted by Crippen LogP contribution is 2.08. The largest absolute Gasteiger partial charge is 0.266 e. The summed E-state index contributed by atoms with van der Waals surface area (Å²) in [6.45, 7) is 6.07. The Hall–Kier alpha value is -0.350. The molecule has 0 aromatic rings. The number of hydrogen-bond acceptors (Lipinski definition) is 3. The van der Waals surface area contributed by atoms with Crippen molar-refractivity contribution in [2.75, 3.05) is 12.9 Å². The third-order valence-electron chi connectivity index (χ3n) is 1.58. The SMILES string of the molecule is CCC(COS(C)(=O)=O)=C(C)C. The molecule has 4 heteroatoms. The van der Waals surface area contributed by atoms with E-state index in [9.17, 15) is 8.42 Å². The summed E-state index contributed by atoms with van der Waals surface area (Å²) in [5.41, 5.74) is 2.17. The van der Waals surface area contributed by atoms with Crippen molar-refractivity contribution < 1.29 is 12.6 Å². The van der Waals surface area contributed by atoms with Crippen LogP contribution in [0.5, 0.6) is 0 Å². The molecule has 0 saturated heterocycles. The summed E-state index contributed by atoms with van der Waals surface area (Å²) in [7, 11) is -3.30. The van der Waals surface area contributed by atoms with Crippen LogP contribution in [0.15, 0.2) is 11.1 Å². The molecule has 0 amide bonds. The highest BCUT2D eigenvalue weighted by molar-refractivity contribution is 7.85. The highest BCUT2D eigenvalue weighted by Gasteiger charge is 2.04. The van der Waals surface area contributed by atoms with E-state index in [4.69, 9.17) is 0 Å².